The molecule has 2 heterocycles. The molecule has 1 aliphatic rings. The van der Waals surface area contributed by atoms with E-state index in [1.54, 1.807) is 0 Å². The van der Waals surface area contributed by atoms with E-state index >= 15 is 0 Å². The molecule has 5 nitrogen and oxygen atoms in total. The predicted molar refractivity (Wildman–Crippen MR) is 91.8 cm³/mol. The largest absolute Gasteiger partial charge is 0.488 e. The van der Waals surface area contributed by atoms with Gasteiger partial charge in [0, 0.05) is 34.6 Å². The molecule has 0 amide bonds. The number of carbonyl (C=O) groups excluding carboxylic acids is 1. The van der Waals surface area contributed by atoms with Gasteiger partial charge in [-0.05, 0) is 41.4 Å². The number of nitrogens with zero attached hydrogens (tertiary/aromatic N) is 1. The van der Waals surface area contributed by atoms with E-state index in [1.165, 1.54) is 7.11 Å². The minimum atomic E-state index is -0.298. The van der Waals surface area contributed by atoms with Gasteiger partial charge < -0.3 is 14.8 Å². The maximum absolute atomic E-state index is 11.6. The van der Waals surface area contributed by atoms with E-state index in [0.717, 1.165) is 32.4 Å². The molecule has 1 saturated heterocycles. The fourth-order valence-electron chi connectivity index (χ4n) is 2.84. The molecule has 1 unspecified atom stereocenters. The lowest BCUT2D eigenvalue weighted by molar-refractivity contribution is -0.142. The standard InChI is InChI=1S/C17H19BrN2O3/c1-9-4-5-12-14(6-10(2)20-16(12)15(9)18)23-11-7-13(19-8-11)17(21)22-3/h4-6,11,13,19H,7-8H2,1-3H3/t11-,13?/m1/s1. The summed E-state index contributed by atoms with van der Waals surface area (Å²) in [5, 5.41) is 4.10. The van der Waals surface area contributed by atoms with Gasteiger partial charge in [0.2, 0.25) is 0 Å². The number of esters is 1. The summed E-state index contributed by atoms with van der Waals surface area (Å²) in [6.45, 7) is 4.61. The van der Waals surface area contributed by atoms with Crippen LogP contribution in [-0.4, -0.2) is 36.8 Å². The van der Waals surface area contributed by atoms with Crippen LogP contribution >= 0.6 is 15.9 Å². The zero-order valence-corrected chi connectivity index (χ0v) is 14.9. The summed E-state index contributed by atoms with van der Waals surface area (Å²) in [6, 6.07) is 5.71. The van der Waals surface area contributed by atoms with Crippen LogP contribution < -0.4 is 10.1 Å². The summed E-state index contributed by atoms with van der Waals surface area (Å²) < 4.78 is 11.9. The number of benzene rings is 1. The van der Waals surface area contributed by atoms with Crippen molar-refractivity contribution in [1.29, 1.82) is 0 Å². The lowest BCUT2D eigenvalue weighted by atomic mass is 10.1. The number of halogens is 1. The highest BCUT2D eigenvalue weighted by atomic mass is 79.9. The Morgan fingerprint density at radius 2 is 2.17 bits per heavy atom. The molecule has 0 aliphatic carbocycles. The van der Waals surface area contributed by atoms with Crippen molar-refractivity contribution in [3.63, 3.8) is 0 Å². The fraction of sp³-hybridized carbons (Fsp3) is 0.412. The summed E-state index contributed by atoms with van der Waals surface area (Å²) in [5.41, 5.74) is 2.93. The van der Waals surface area contributed by atoms with Gasteiger partial charge in [-0.2, -0.15) is 0 Å². The first-order chi connectivity index (χ1) is 11.0. The average Bonchev–Trinajstić information content (AvgIpc) is 2.99. The van der Waals surface area contributed by atoms with Crippen LogP contribution in [0.15, 0.2) is 22.7 Å². The van der Waals surface area contributed by atoms with Crippen LogP contribution in [0.25, 0.3) is 10.9 Å². The Morgan fingerprint density at radius 1 is 1.39 bits per heavy atom. The van der Waals surface area contributed by atoms with Crippen molar-refractivity contribution in [3.8, 4) is 5.75 Å². The molecule has 0 spiro atoms. The van der Waals surface area contributed by atoms with Gasteiger partial charge in [-0.3, -0.25) is 9.78 Å². The second kappa shape index (κ2) is 6.45. The van der Waals surface area contributed by atoms with Gasteiger partial charge >= 0.3 is 5.97 Å². The molecule has 3 rings (SSSR count). The SMILES string of the molecule is COC(=O)C1C[C@@H](Oc2cc(C)nc3c(Br)c(C)ccc23)CN1. The topological polar surface area (TPSA) is 60.5 Å². The second-order valence-electron chi connectivity index (χ2n) is 5.81. The second-order valence-corrected chi connectivity index (χ2v) is 6.61. The Labute approximate surface area is 143 Å². The van der Waals surface area contributed by atoms with Crippen LogP contribution in [0.4, 0.5) is 0 Å². The highest BCUT2D eigenvalue weighted by molar-refractivity contribution is 9.10. The van der Waals surface area contributed by atoms with E-state index in [2.05, 4.69) is 26.2 Å². The fourth-order valence-corrected chi connectivity index (χ4v) is 3.28. The van der Waals surface area contributed by atoms with E-state index < -0.39 is 0 Å². The molecule has 1 N–H and O–H groups in total. The Hall–Kier alpha value is -1.66. The van der Waals surface area contributed by atoms with Gasteiger partial charge in [0.25, 0.3) is 0 Å². The average molecular weight is 379 g/mol. The quantitative estimate of drug-likeness (QED) is 0.832. The van der Waals surface area contributed by atoms with E-state index in [4.69, 9.17) is 9.47 Å². The Kier molecular flexibility index (Phi) is 4.55. The van der Waals surface area contributed by atoms with E-state index in [0.29, 0.717) is 13.0 Å². The molecule has 0 saturated carbocycles. The Morgan fingerprint density at radius 3 is 2.91 bits per heavy atom. The maximum atomic E-state index is 11.6. The molecule has 1 aromatic carbocycles. The molecular formula is C17H19BrN2O3. The number of nitrogens with one attached hydrogen (secondary N) is 1. The van der Waals surface area contributed by atoms with Crippen LogP contribution in [0.3, 0.4) is 0 Å². The highest BCUT2D eigenvalue weighted by Crippen LogP contribution is 2.33. The van der Waals surface area contributed by atoms with E-state index in [1.807, 2.05) is 32.0 Å². The first-order valence-corrected chi connectivity index (χ1v) is 8.33. The van der Waals surface area contributed by atoms with Crippen molar-refractivity contribution in [1.82, 2.24) is 10.3 Å². The zero-order valence-electron chi connectivity index (χ0n) is 13.4. The third-order valence-electron chi connectivity index (χ3n) is 4.07. The van der Waals surface area contributed by atoms with Crippen LogP contribution in [-0.2, 0) is 9.53 Å². The van der Waals surface area contributed by atoms with Crippen molar-refractivity contribution in [2.24, 2.45) is 0 Å². The van der Waals surface area contributed by atoms with Gasteiger partial charge in [-0.25, -0.2) is 0 Å². The van der Waals surface area contributed by atoms with E-state index in [9.17, 15) is 4.79 Å². The number of methoxy groups -OCH3 is 1. The molecule has 0 bridgehead atoms. The van der Waals surface area contributed by atoms with Gasteiger partial charge in [0.05, 0.1) is 12.6 Å². The number of aromatic nitrogens is 1. The Balaban J connectivity index is 1.89. The van der Waals surface area contributed by atoms with Crippen molar-refractivity contribution >= 4 is 32.8 Å². The Bertz CT molecular complexity index is 763. The molecule has 0 radical (unpaired) electrons. The van der Waals surface area contributed by atoms with Crippen molar-refractivity contribution < 1.29 is 14.3 Å². The van der Waals surface area contributed by atoms with Gasteiger partial charge in [-0.1, -0.05) is 6.07 Å². The first kappa shape index (κ1) is 16.2. The van der Waals surface area contributed by atoms with Crippen molar-refractivity contribution in [2.75, 3.05) is 13.7 Å². The molecule has 2 atom stereocenters. The normalized spacial score (nSPS) is 20.7. The number of hydrogen-bond donors (Lipinski definition) is 1. The lowest BCUT2D eigenvalue weighted by Crippen LogP contribution is -2.31. The van der Waals surface area contributed by atoms with Crippen LogP contribution in [0.2, 0.25) is 0 Å². The number of aryl methyl sites for hydroxylation is 2. The molecule has 23 heavy (non-hydrogen) atoms. The highest BCUT2D eigenvalue weighted by Gasteiger charge is 2.31. The van der Waals surface area contributed by atoms with Gasteiger partial charge in [0.15, 0.2) is 0 Å². The number of carbonyl (C=O) groups is 1. The third kappa shape index (κ3) is 3.19. The zero-order chi connectivity index (χ0) is 16.6. The molecule has 1 aromatic heterocycles. The maximum Gasteiger partial charge on any atom is 0.323 e. The summed E-state index contributed by atoms with van der Waals surface area (Å²) in [6.07, 6.45) is 0.534. The smallest absolute Gasteiger partial charge is 0.323 e. The van der Waals surface area contributed by atoms with Crippen LogP contribution in [0.5, 0.6) is 5.75 Å². The number of hydrogen-bond acceptors (Lipinski definition) is 5. The summed E-state index contributed by atoms with van der Waals surface area (Å²) >= 11 is 3.61. The van der Waals surface area contributed by atoms with E-state index in [-0.39, 0.29) is 18.1 Å². The van der Waals surface area contributed by atoms with Gasteiger partial charge in [-0.15, -0.1) is 0 Å². The third-order valence-corrected chi connectivity index (χ3v) is 5.07. The lowest BCUT2D eigenvalue weighted by Gasteiger charge is -2.16. The summed E-state index contributed by atoms with van der Waals surface area (Å²) in [5.74, 6) is 0.552. The molecule has 122 valence electrons. The van der Waals surface area contributed by atoms with Crippen molar-refractivity contribution in [2.45, 2.75) is 32.4 Å². The number of pyridine rings is 1. The monoisotopic (exact) mass is 378 g/mol. The predicted octanol–water partition coefficient (Wildman–Crippen LogP) is 2.90. The van der Waals surface area contributed by atoms with Gasteiger partial charge in [0.1, 0.15) is 17.9 Å². The number of rotatable bonds is 3. The summed E-state index contributed by atoms with van der Waals surface area (Å²) in [4.78, 5) is 16.2. The molecule has 1 fully saturated rings. The van der Waals surface area contributed by atoms with Crippen LogP contribution in [0, 0.1) is 13.8 Å². The van der Waals surface area contributed by atoms with Crippen molar-refractivity contribution in [3.05, 3.63) is 33.9 Å². The molecular weight excluding hydrogens is 360 g/mol. The minimum absolute atomic E-state index is 0.0656. The molecule has 1 aliphatic heterocycles. The minimum Gasteiger partial charge on any atom is -0.488 e. The molecule has 6 heteroatoms. The van der Waals surface area contributed by atoms with Crippen LogP contribution in [0.1, 0.15) is 17.7 Å². The molecule has 2 aromatic rings. The first-order valence-electron chi connectivity index (χ1n) is 7.54. The number of fused-ring (bicyclic) bond motifs is 1. The summed E-state index contributed by atoms with van der Waals surface area (Å²) in [7, 11) is 1.40. The number of ether oxygens (including phenoxy) is 2.